The Hall–Kier alpha value is -0.900. The number of rotatable bonds is 7. The molecule has 0 spiro atoms. The molecule has 2 rings (SSSR count). The molecule has 1 heterocycles. The molecule has 2 unspecified atom stereocenters. The van der Waals surface area contributed by atoms with Gasteiger partial charge in [0.15, 0.2) is 0 Å². The van der Waals surface area contributed by atoms with Gasteiger partial charge >= 0.3 is 0 Å². The SMILES string of the molecule is CCCc1ccc(C(CN2CCOCC2CC)NC)cc1. The third-order valence-electron chi connectivity index (χ3n) is 4.51. The first-order valence-corrected chi connectivity index (χ1v) is 8.36. The van der Waals surface area contributed by atoms with E-state index in [0.29, 0.717) is 12.1 Å². The molecule has 0 radical (unpaired) electrons. The van der Waals surface area contributed by atoms with Crippen LogP contribution in [0.3, 0.4) is 0 Å². The molecule has 0 aliphatic carbocycles. The molecule has 0 amide bonds. The van der Waals surface area contributed by atoms with E-state index in [1.165, 1.54) is 24.0 Å². The lowest BCUT2D eigenvalue weighted by atomic mass is 10.0. The van der Waals surface area contributed by atoms with Crippen molar-refractivity contribution in [3.63, 3.8) is 0 Å². The van der Waals surface area contributed by atoms with Crippen LogP contribution in [0.4, 0.5) is 0 Å². The monoisotopic (exact) mass is 290 g/mol. The predicted octanol–water partition coefficient (Wildman–Crippen LogP) is 3.01. The van der Waals surface area contributed by atoms with Crippen molar-refractivity contribution in [2.75, 3.05) is 33.4 Å². The second kappa shape index (κ2) is 8.52. The molecule has 1 N–H and O–H groups in total. The zero-order valence-electron chi connectivity index (χ0n) is 13.8. The molecule has 21 heavy (non-hydrogen) atoms. The third kappa shape index (κ3) is 4.53. The number of morpholine rings is 1. The van der Waals surface area contributed by atoms with Gasteiger partial charge in [-0.15, -0.1) is 0 Å². The minimum Gasteiger partial charge on any atom is -0.378 e. The predicted molar refractivity (Wildman–Crippen MR) is 88.7 cm³/mol. The van der Waals surface area contributed by atoms with Crippen LogP contribution in [-0.4, -0.2) is 44.3 Å². The van der Waals surface area contributed by atoms with Gasteiger partial charge in [0.1, 0.15) is 0 Å². The van der Waals surface area contributed by atoms with E-state index in [9.17, 15) is 0 Å². The van der Waals surface area contributed by atoms with E-state index >= 15 is 0 Å². The van der Waals surface area contributed by atoms with Gasteiger partial charge in [0.05, 0.1) is 13.2 Å². The van der Waals surface area contributed by atoms with Crippen LogP contribution >= 0.6 is 0 Å². The van der Waals surface area contributed by atoms with Crippen LogP contribution in [0.25, 0.3) is 0 Å². The minimum atomic E-state index is 0.396. The van der Waals surface area contributed by atoms with Gasteiger partial charge in [-0.05, 0) is 31.0 Å². The zero-order chi connectivity index (χ0) is 15.1. The molecule has 0 aromatic heterocycles. The average Bonchev–Trinajstić information content (AvgIpc) is 2.54. The van der Waals surface area contributed by atoms with E-state index in [-0.39, 0.29) is 0 Å². The molecule has 0 bridgehead atoms. The number of hydrogen-bond acceptors (Lipinski definition) is 3. The lowest BCUT2D eigenvalue weighted by molar-refractivity contribution is -0.0124. The summed E-state index contributed by atoms with van der Waals surface area (Å²) in [5, 5.41) is 3.48. The second-order valence-corrected chi connectivity index (χ2v) is 5.96. The number of nitrogens with one attached hydrogen (secondary N) is 1. The summed E-state index contributed by atoms with van der Waals surface area (Å²) in [7, 11) is 2.06. The number of ether oxygens (including phenoxy) is 1. The summed E-state index contributed by atoms with van der Waals surface area (Å²) in [6.45, 7) is 8.33. The first-order chi connectivity index (χ1) is 10.3. The molecule has 1 aromatic rings. The maximum absolute atomic E-state index is 5.60. The minimum absolute atomic E-state index is 0.396. The smallest absolute Gasteiger partial charge is 0.0622 e. The van der Waals surface area contributed by atoms with Gasteiger partial charge in [-0.3, -0.25) is 4.90 Å². The highest BCUT2D eigenvalue weighted by Crippen LogP contribution is 2.19. The van der Waals surface area contributed by atoms with Gasteiger partial charge in [-0.25, -0.2) is 0 Å². The first-order valence-electron chi connectivity index (χ1n) is 8.36. The van der Waals surface area contributed by atoms with Crippen LogP contribution in [0.15, 0.2) is 24.3 Å². The largest absolute Gasteiger partial charge is 0.378 e. The molecular formula is C18H30N2O. The van der Waals surface area contributed by atoms with Gasteiger partial charge in [0.25, 0.3) is 0 Å². The Labute approximate surface area is 129 Å². The molecule has 1 fully saturated rings. The fourth-order valence-electron chi connectivity index (χ4n) is 3.11. The fraction of sp³-hybridized carbons (Fsp3) is 0.667. The lowest BCUT2D eigenvalue weighted by Gasteiger charge is -2.37. The van der Waals surface area contributed by atoms with Gasteiger partial charge in [-0.1, -0.05) is 44.5 Å². The van der Waals surface area contributed by atoms with E-state index < -0.39 is 0 Å². The van der Waals surface area contributed by atoms with E-state index in [4.69, 9.17) is 4.74 Å². The molecular weight excluding hydrogens is 260 g/mol. The normalized spacial score (nSPS) is 21.4. The molecule has 1 aromatic carbocycles. The van der Waals surface area contributed by atoms with Gasteiger partial charge < -0.3 is 10.1 Å². The standard InChI is InChI=1S/C18H30N2O/c1-4-6-15-7-9-16(10-8-15)18(19-3)13-20-11-12-21-14-17(20)5-2/h7-10,17-19H,4-6,11-14H2,1-3H3. The Bertz CT molecular complexity index is 404. The average molecular weight is 290 g/mol. The Morgan fingerprint density at radius 1 is 1.29 bits per heavy atom. The van der Waals surface area contributed by atoms with Crippen molar-refractivity contribution >= 4 is 0 Å². The molecule has 2 atom stereocenters. The van der Waals surface area contributed by atoms with Crippen LogP contribution in [0, 0.1) is 0 Å². The van der Waals surface area contributed by atoms with E-state index in [1.54, 1.807) is 0 Å². The summed E-state index contributed by atoms with van der Waals surface area (Å²) in [6, 6.07) is 10.1. The number of benzene rings is 1. The highest BCUT2D eigenvalue weighted by molar-refractivity contribution is 5.25. The Morgan fingerprint density at radius 3 is 2.67 bits per heavy atom. The van der Waals surface area contributed by atoms with Crippen molar-refractivity contribution < 1.29 is 4.74 Å². The summed E-state index contributed by atoms with van der Waals surface area (Å²) >= 11 is 0. The van der Waals surface area contributed by atoms with Crippen molar-refractivity contribution in [2.45, 2.75) is 45.2 Å². The van der Waals surface area contributed by atoms with Crippen LogP contribution in [0.1, 0.15) is 43.9 Å². The van der Waals surface area contributed by atoms with Crippen molar-refractivity contribution in [2.24, 2.45) is 0 Å². The summed E-state index contributed by atoms with van der Waals surface area (Å²) in [5.74, 6) is 0. The van der Waals surface area contributed by atoms with Crippen molar-refractivity contribution in [3.8, 4) is 0 Å². The topological polar surface area (TPSA) is 24.5 Å². The molecule has 118 valence electrons. The Morgan fingerprint density at radius 2 is 2.05 bits per heavy atom. The van der Waals surface area contributed by atoms with Crippen LogP contribution in [0.2, 0.25) is 0 Å². The second-order valence-electron chi connectivity index (χ2n) is 5.96. The summed E-state index contributed by atoms with van der Waals surface area (Å²) < 4.78 is 5.60. The molecule has 0 saturated carbocycles. The van der Waals surface area contributed by atoms with Crippen LogP contribution in [0.5, 0.6) is 0 Å². The molecule has 3 heteroatoms. The first kappa shape index (κ1) is 16.5. The van der Waals surface area contributed by atoms with Gasteiger partial charge in [-0.2, -0.15) is 0 Å². The maximum atomic E-state index is 5.60. The number of aryl methyl sites for hydroxylation is 1. The highest BCUT2D eigenvalue weighted by Gasteiger charge is 2.24. The number of likely N-dealkylation sites (N-methyl/N-ethyl adjacent to an activating group) is 1. The Balaban J connectivity index is 2.01. The third-order valence-corrected chi connectivity index (χ3v) is 4.51. The summed E-state index contributed by atoms with van der Waals surface area (Å²) in [5.41, 5.74) is 2.83. The van der Waals surface area contributed by atoms with Crippen LogP contribution < -0.4 is 5.32 Å². The fourth-order valence-corrected chi connectivity index (χ4v) is 3.11. The quantitative estimate of drug-likeness (QED) is 0.835. The number of hydrogen-bond donors (Lipinski definition) is 1. The van der Waals surface area contributed by atoms with E-state index in [2.05, 4.69) is 55.4 Å². The van der Waals surface area contributed by atoms with E-state index in [1.807, 2.05) is 0 Å². The van der Waals surface area contributed by atoms with Crippen molar-refractivity contribution in [1.82, 2.24) is 10.2 Å². The van der Waals surface area contributed by atoms with Gasteiger partial charge in [0, 0.05) is 25.2 Å². The van der Waals surface area contributed by atoms with Crippen molar-refractivity contribution in [3.05, 3.63) is 35.4 Å². The van der Waals surface area contributed by atoms with Gasteiger partial charge in [0.2, 0.25) is 0 Å². The van der Waals surface area contributed by atoms with Crippen molar-refractivity contribution in [1.29, 1.82) is 0 Å². The van der Waals surface area contributed by atoms with Crippen LogP contribution in [-0.2, 0) is 11.2 Å². The number of nitrogens with zero attached hydrogens (tertiary/aromatic N) is 1. The van der Waals surface area contributed by atoms with E-state index in [0.717, 1.165) is 32.7 Å². The molecule has 1 aliphatic heterocycles. The molecule has 3 nitrogen and oxygen atoms in total. The maximum Gasteiger partial charge on any atom is 0.0622 e. The Kier molecular flexibility index (Phi) is 6.68. The molecule has 1 saturated heterocycles. The summed E-state index contributed by atoms with van der Waals surface area (Å²) in [4.78, 5) is 2.57. The summed E-state index contributed by atoms with van der Waals surface area (Å²) in [6.07, 6.45) is 3.54. The highest BCUT2D eigenvalue weighted by atomic mass is 16.5. The zero-order valence-corrected chi connectivity index (χ0v) is 13.8. The lowest BCUT2D eigenvalue weighted by Crippen LogP contribution is -2.48. The molecule has 1 aliphatic rings.